The average molecular weight is 548 g/mol. The molecule has 0 aromatic heterocycles. The SMILES string of the molecule is CCOc1cc2c(cc1OC)C(c1ccc(C(=O)N(CCCOC)C3CCCCC3)cc1)=N[C@@H]1CCN(C)C[C@H]21. The summed E-state index contributed by atoms with van der Waals surface area (Å²) in [6, 6.07) is 12.9. The predicted molar refractivity (Wildman–Crippen MR) is 159 cm³/mol. The Morgan fingerprint density at radius 1 is 1.05 bits per heavy atom. The molecule has 7 nitrogen and oxygen atoms in total. The van der Waals surface area contributed by atoms with Crippen molar-refractivity contribution in [3.05, 3.63) is 58.7 Å². The summed E-state index contributed by atoms with van der Waals surface area (Å²) in [6.45, 7) is 6.00. The van der Waals surface area contributed by atoms with Gasteiger partial charge in [0.15, 0.2) is 11.5 Å². The number of hydrogen-bond donors (Lipinski definition) is 0. The van der Waals surface area contributed by atoms with Crippen LogP contribution in [0.5, 0.6) is 11.5 Å². The van der Waals surface area contributed by atoms with E-state index in [2.05, 4.69) is 41.1 Å². The van der Waals surface area contributed by atoms with E-state index >= 15 is 0 Å². The van der Waals surface area contributed by atoms with Crippen molar-refractivity contribution in [3.8, 4) is 11.5 Å². The highest BCUT2D eigenvalue weighted by Gasteiger charge is 2.36. The van der Waals surface area contributed by atoms with Crippen LogP contribution in [0.1, 0.15) is 84.8 Å². The summed E-state index contributed by atoms with van der Waals surface area (Å²) in [5.41, 5.74) is 5.12. The number of fused-ring (bicyclic) bond motifs is 3. The molecular weight excluding hydrogens is 502 g/mol. The molecule has 0 bridgehead atoms. The number of amides is 1. The van der Waals surface area contributed by atoms with Gasteiger partial charge < -0.3 is 24.0 Å². The second-order valence-corrected chi connectivity index (χ2v) is 11.4. The number of rotatable bonds is 10. The van der Waals surface area contributed by atoms with Gasteiger partial charge in [-0.1, -0.05) is 31.4 Å². The molecule has 1 saturated carbocycles. The van der Waals surface area contributed by atoms with Crippen LogP contribution in [-0.4, -0.2) is 87.6 Å². The van der Waals surface area contributed by atoms with E-state index in [-0.39, 0.29) is 11.9 Å². The number of likely N-dealkylation sites (tertiary alicyclic amines) is 1. The van der Waals surface area contributed by atoms with E-state index in [1.807, 2.05) is 19.1 Å². The zero-order valence-electron chi connectivity index (χ0n) is 24.7. The number of carbonyl (C=O) groups excluding carboxylic acids is 1. The quantitative estimate of drug-likeness (QED) is 0.365. The van der Waals surface area contributed by atoms with Crippen LogP contribution in [0, 0.1) is 0 Å². The predicted octanol–water partition coefficient (Wildman–Crippen LogP) is 5.54. The number of likely N-dealkylation sites (N-methyl/N-ethyl adjacent to an activating group) is 1. The second kappa shape index (κ2) is 13.2. The largest absolute Gasteiger partial charge is 0.493 e. The minimum Gasteiger partial charge on any atom is -0.493 e. The molecule has 2 fully saturated rings. The molecule has 40 heavy (non-hydrogen) atoms. The standard InChI is InChI=1S/C33H45N3O4/c1-5-40-31-20-26-27(21-30(31)39-4)32(34-29-16-18-35(2)22-28(26)29)23-12-14-24(15-13-23)33(37)36(17-9-19-38-3)25-10-7-6-8-11-25/h12-15,20-21,25,28-29H,5-11,16-19,22H2,1-4H3/t28-,29-/m1/s1. The molecule has 3 aliphatic rings. The third-order valence-electron chi connectivity index (χ3n) is 8.79. The Hall–Kier alpha value is -2.90. The van der Waals surface area contributed by atoms with Crippen LogP contribution >= 0.6 is 0 Å². The third kappa shape index (κ3) is 6.06. The maximum absolute atomic E-state index is 13.7. The van der Waals surface area contributed by atoms with Crippen LogP contribution in [0.4, 0.5) is 0 Å². The van der Waals surface area contributed by atoms with Gasteiger partial charge in [-0.25, -0.2) is 0 Å². The molecule has 0 radical (unpaired) electrons. The number of hydrogen-bond acceptors (Lipinski definition) is 6. The monoisotopic (exact) mass is 547 g/mol. The van der Waals surface area contributed by atoms with Crippen molar-refractivity contribution in [2.45, 2.75) is 69.9 Å². The Morgan fingerprint density at radius 3 is 2.52 bits per heavy atom. The zero-order valence-corrected chi connectivity index (χ0v) is 24.7. The molecule has 1 saturated heterocycles. The molecule has 1 amide bonds. The summed E-state index contributed by atoms with van der Waals surface area (Å²) in [4.78, 5) is 23.6. The zero-order chi connectivity index (χ0) is 28.1. The van der Waals surface area contributed by atoms with Crippen LogP contribution in [0.15, 0.2) is 41.4 Å². The molecule has 2 heterocycles. The summed E-state index contributed by atoms with van der Waals surface area (Å²) < 4.78 is 17.0. The highest BCUT2D eigenvalue weighted by Crippen LogP contribution is 2.42. The molecular formula is C33H45N3O4. The number of ether oxygens (including phenoxy) is 3. The van der Waals surface area contributed by atoms with Gasteiger partial charge in [0, 0.05) is 55.5 Å². The molecule has 2 atom stereocenters. The van der Waals surface area contributed by atoms with Gasteiger partial charge in [-0.15, -0.1) is 0 Å². The molecule has 2 aromatic rings. The van der Waals surface area contributed by atoms with E-state index in [0.717, 1.165) is 79.2 Å². The first-order valence-corrected chi connectivity index (χ1v) is 15.1. The molecule has 216 valence electrons. The van der Waals surface area contributed by atoms with Crippen molar-refractivity contribution in [1.29, 1.82) is 0 Å². The van der Waals surface area contributed by atoms with Crippen LogP contribution < -0.4 is 9.47 Å². The molecule has 2 aromatic carbocycles. The van der Waals surface area contributed by atoms with Crippen molar-refractivity contribution in [2.75, 3.05) is 54.1 Å². The van der Waals surface area contributed by atoms with Crippen LogP contribution in [-0.2, 0) is 4.74 Å². The highest BCUT2D eigenvalue weighted by atomic mass is 16.5. The first-order chi connectivity index (χ1) is 19.5. The molecule has 5 rings (SSSR count). The van der Waals surface area contributed by atoms with Crippen molar-refractivity contribution in [1.82, 2.24) is 9.80 Å². The summed E-state index contributed by atoms with van der Waals surface area (Å²) in [7, 11) is 5.59. The summed E-state index contributed by atoms with van der Waals surface area (Å²) >= 11 is 0. The number of methoxy groups -OCH3 is 2. The smallest absolute Gasteiger partial charge is 0.254 e. The first kappa shape index (κ1) is 28.6. The van der Waals surface area contributed by atoms with E-state index in [4.69, 9.17) is 19.2 Å². The Bertz CT molecular complexity index is 1190. The van der Waals surface area contributed by atoms with Gasteiger partial charge in [0.1, 0.15) is 0 Å². The Balaban J connectivity index is 1.46. The number of carbonyl (C=O) groups is 1. The summed E-state index contributed by atoms with van der Waals surface area (Å²) in [5.74, 6) is 1.95. The van der Waals surface area contributed by atoms with Gasteiger partial charge in [0.25, 0.3) is 5.91 Å². The number of piperidine rings is 1. The number of aliphatic imine (C=N–C) groups is 1. The van der Waals surface area contributed by atoms with E-state index in [1.165, 1.54) is 24.8 Å². The highest BCUT2D eigenvalue weighted by molar-refractivity contribution is 6.15. The fourth-order valence-corrected chi connectivity index (χ4v) is 6.70. The maximum Gasteiger partial charge on any atom is 0.254 e. The lowest BCUT2D eigenvalue weighted by Gasteiger charge is -2.39. The van der Waals surface area contributed by atoms with Gasteiger partial charge >= 0.3 is 0 Å². The second-order valence-electron chi connectivity index (χ2n) is 11.4. The molecule has 1 aliphatic carbocycles. The lowest BCUT2D eigenvalue weighted by Crippen LogP contribution is -2.42. The van der Waals surface area contributed by atoms with Crippen molar-refractivity contribution in [3.63, 3.8) is 0 Å². The third-order valence-corrected chi connectivity index (χ3v) is 8.79. The molecule has 7 heteroatoms. The Kier molecular flexibility index (Phi) is 9.43. The number of nitrogens with zero attached hydrogens (tertiary/aromatic N) is 3. The Morgan fingerprint density at radius 2 is 1.82 bits per heavy atom. The normalized spacial score (nSPS) is 21.2. The minimum absolute atomic E-state index is 0.124. The fourth-order valence-electron chi connectivity index (χ4n) is 6.70. The topological polar surface area (TPSA) is 63.6 Å². The van der Waals surface area contributed by atoms with Crippen LogP contribution in [0.2, 0.25) is 0 Å². The minimum atomic E-state index is 0.124. The van der Waals surface area contributed by atoms with E-state index in [0.29, 0.717) is 25.2 Å². The van der Waals surface area contributed by atoms with Gasteiger partial charge in [-0.2, -0.15) is 0 Å². The maximum atomic E-state index is 13.7. The number of benzene rings is 2. The van der Waals surface area contributed by atoms with Crippen LogP contribution in [0.3, 0.4) is 0 Å². The van der Waals surface area contributed by atoms with Crippen molar-refractivity contribution >= 4 is 11.6 Å². The molecule has 0 unspecified atom stereocenters. The summed E-state index contributed by atoms with van der Waals surface area (Å²) in [5, 5.41) is 0. The lowest BCUT2D eigenvalue weighted by atomic mass is 9.79. The summed E-state index contributed by atoms with van der Waals surface area (Å²) in [6.07, 6.45) is 7.72. The van der Waals surface area contributed by atoms with E-state index < -0.39 is 0 Å². The molecule has 0 N–H and O–H groups in total. The van der Waals surface area contributed by atoms with Gasteiger partial charge in [-0.05, 0) is 76.0 Å². The van der Waals surface area contributed by atoms with Gasteiger partial charge in [0.05, 0.1) is 25.5 Å². The van der Waals surface area contributed by atoms with E-state index in [1.54, 1.807) is 14.2 Å². The Labute approximate surface area is 239 Å². The molecule has 0 spiro atoms. The average Bonchev–Trinajstić information content (AvgIpc) is 2.99. The first-order valence-electron chi connectivity index (χ1n) is 15.1. The van der Waals surface area contributed by atoms with E-state index in [9.17, 15) is 4.79 Å². The molecule has 2 aliphatic heterocycles. The van der Waals surface area contributed by atoms with Crippen molar-refractivity contribution < 1.29 is 19.0 Å². The fraction of sp³-hybridized carbons (Fsp3) is 0.576. The van der Waals surface area contributed by atoms with Gasteiger partial charge in [-0.3, -0.25) is 9.79 Å². The van der Waals surface area contributed by atoms with Crippen molar-refractivity contribution in [2.24, 2.45) is 4.99 Å². The lowest BCUT2D eigenvalue weighted by molar-refractivity contribution is 0.0608. The van der Waals surface area contributed by atoms with Crippen LogP contribution in [0.25, 0.3) is 0 Å². The van der Waals surface area contributed by atoms with Gasteiger partial charge in [0.2, 0.25) is 0 Å².